The third-order valence-corrected chi connectivity index (χ3v) is 2.69. The maximum atomic E-state index is 4.99. The van der Waals surface area contributed by atoms with Crippen LogP contribution in [0.2, 0.25) is 0 Å². The van der Waals surface area contributed by atoms with Crippen LogP contribution in [0.15, 0.2) is 39.3 Å². The molecule has 0 bridgehead atoms. The molecular formula is C12H13BrN2O. The third-order valence-electron chi connectivity index (χ3n) is 2.20. The molecule has 3 nitrogen and oxygen atoms in total. The first kappa shape index (κ1) is 11.4. The molecule has 84 valence electrons. The zero-order valence-electron chi connectivity index (χ0n) is 9.03. The van der Waals surface area contributed by atoms with Crippen LogP contribution in [0, 0.1) is 6.92 Å². The van der Waals surface area contributed by atoms with E-state index < -0.39 is 0 Å². The predicted molar refractivity (Wildman–Crippen MR) is 65.9 cm³/mol. The van der Waals surface area contributed by atoms with E-state index in [0.717, 1.165) is 29.0 Å². The van der Waals surface area contributed by atoms with Crippen molar-refractivity contribution in [2.45, 2.75) is 20.0 Å². The summed E-state index contributed by atoms with van der Waals surface area (Å²) in [4.78, 5) is 0. The number of benzene rings is 1. The summed E-state index contributed by atoms with van der Waals surface area (Å²) in [5, 5.41) is 7.23. The molecule has 0 aliphatic carbocycles. The van der Waals surface area contributed by atoms with Crippen LogP contribution in [0.4, 0.5) is 0 Å². The van der Waals surface area contributed by atoms with E-state index in [9.17, 15) is 0 Å². The van der Waals surface area contributed by atoms with Gasteiger partial charge in [0, 0.05) is 23.6 Å². The van der Waals surface area contributed by atoms with Gasteiger partial charge < -0.3 is 9.84 Å². The number of rotatable bonds is 4. The average molecular weight is 281 g/mol. The van der Waals surface area contributed by atoms with Crippen LogP contribution >= 0.6 is 15.9 Å². The fourth-order valence-corrected chi connectivity index (χ4v) is 1.93. The largest absolute Gasteiger partial charge is 0.361 e. The molecular weight excluding hydrogens is 268 g/mol. The lowest BCUT2D eigenvalue weighted by Gasteiger charge is -2.02. The van der Waals surface area contributed by atoms with E-state index in [4.69, 9.17) is 4.52 Å². The molecule has 4 heteroatoms. The normalized spacial score (nSPS) is 10.6. The van der Waals surface area contributed by atoms with Gasteiger partial charge in [0.1, 0.15) is 5.76 Å². The smallest absolute Gasteiger partial charge is 0.133 e. The van der Waals surface area contributed by atoms with Crippen LogP contribution in [-0.2, 0) is 13.1 Å². The summed E-state index contributed by atoms with van der Waals surface area (Å²) in [7, 11) is 0. The molecule has 2 aromatic rings. The molecule has 1 heterocycles. The molecule has 0 fully saturated rings. The van der Waals surface area contributed by atoms with Crippen LogP contribution in [0.25, 0.3) is 0 Å². The van der Waals surface area contributed by atoms with Crippen LogP contribution < -0.4 is 5.32 Å². The molecule has 0 amide bonds. The summed E-state index contributed by atoms with van der Waals surface area (Å²) in [5.74, 6) is 0.847. The van der Waals surface area contributed by atoms with Gasteiger partial charge >= 0.3 is 0 Å². The summed E-state index contributed by atoms with van der Waals surface area (Å²) in [5.41, 5.74) is 2.18. The molecule has 1 aromatic carbocycles. The quantitative estimate of drug-likeness (QED) is 0.936. The van der Waals surface area contributed by atoms with Crippen molar-refractivity contribution in [3.8, 4) is 0 Å². The number of nitrogens with zero attached hydrogens (tertiary/aromatic N) is 1. The van der Waals surface area contributed by atoms with E-state index in [1.807, 2.05) is 25.1 Å². The van der Waals surface area contributed by atoms with Crippen molar-refractivity contribution in [2.24, 2.45) is 0 Å². The Bertz CT molecular complexity index is 468. The van der Waals surface area contributed by atoms with Crippen molar-refractivity contribution >= 4 is 15.9 Å². The molecule has 0 unspecified atom stereocenters. The third kappa shape index (κ3) is 3.18. The minimum Gasteiger partial charge on any atom is -0.361 e. The van der Waals surface area contributed by atoms with Crippen molar-refractivity contribution in [2.75, 3.05) is 0 Å². The van der Waals surface area contributed by atoms with Gasteiger partial charge in [0.2, 0.25) is 0 Å². The minimum absolute atomic E-state index is 0.726. The number of hydrogen-bond acceptors (Lipinski definition) is 3. The second-order valence-electron chi connectivity index (χ2n) is 3.66. The van der Waals surface area contributed by atoms with Crippen LogP contribution in [0.5, 0.6) is 0 Å². The molecule has 1 N–H and O–H groups in total. The fraction of sp³-hybridized carbons (Fsp3) is 0.250. The lowest BCUT2D eigenvalue weighted by molar-refractivity contribution is 0.388. The summed E-state index contributed by atoms with van der Waals surface area (Å²) >= 11 is 3.45. The van der Waals surface area contributed by atoms with Gasteiger partial charge in [-0.05, 0) is 24.6 Å². The Morgan fingerprint density at radius 1 is 1.31 bits per heavy atom. The standard InChI is InChI=1S/C12H13BrN2O/c1-9-5-12(15-16-9)8-14-7-10-3-2-4-11(13)6-10/h2-6,14H,7-8H2,1H3. The van der Waals surface area contributed by atoms with Crippen LogP contribution in [0.1, 0.15) is 17.0 Å². The minimum atomic E-state index is 0.726. The Hall–Kier alpha value is -1.13. The highest BCUT2D eigenvalue weighted by Crippen LogP contribution is 2.11. The Morgan fingerprint density at radius 3 is 2.88 bits per heavy atom. The molecule has 1 aromatic heterocycles. The molecule has 16 heavy (non-hydrogen) atoms. The van der Waals surface area contributed by atoms with Crippen molar-refractivity contribution in [1.29, 1.82) is 0 Å². The van der Waals surface area contributed by atoms with E-state index >= 15 is 0 Å². The van der Waals surface area contributed by atoms with Crippen molar-refractivity contribution in [1.82, 2.24) is 10.5 Å². The Kier molecular flexibility index (Phi) is 3.74. The molecule has 0 spiro atoms. The monoisotopic (exact) mass is 280 g/mol. The summed E-state index contributed by atoms with van der Waals surface area (Å²) in [6.07, 6.45) is 0. The van der Waals surface area contributed by atoms with E-state index in [2.05, 4.69) is 38.5 Å². The van der Waals surface area contributed by atoms with E-state index in [1.165, 1.54) is 5.56 Å². The van der Waals surface area contributed by atoms with Crippen molar-refractivity contribution < 1.29 is 4.52 Å². The lowest BCUT2D eigenvalue weighted by atomic mass is 10.2. The highest BCUT2D eigenvalue weighted by atomic mass is 79.9. The van der Waals surface area contributed by atoms with Gasteiger partial charge in [-0.2, -0.15) is 0 Å². The number of aromatic nitrogens is 1. The summed E-state index contributed by atoms with van der Waals surface area (Å²) < 4.78 is 6.09. The van der Waals surface area contributed by atoms with Gasteiger partial charge in [0.05, 0.1) is 5.69 Å². The number of aryl methyl sites for hydroxylation is 1. The Labute approximate surface area is 103 Å². The van der Waals surface area contributed by atoms with Crippen LogP contribution in [-0.4, -0.2) is 5.16 Å². The number of hydrogen-bond donors (Lipinski definition) is 1. The van der Waals surface area contributed by atoms with Gasteiger partial charge in [0.25, 0.3) is 0 Å². The highest BCUT2D eigenvalue weighted by Gasteiger charge is 1.99. The predicted octanol–water partition coefficient (Wildman–Crippen LogP) is 3.04. The molecule has 0 aliphatic rings. The number of nitrogens with one attached hydrogen (secondary N) is 1. The first-order valence-electron chi connectivity index (χ1n) is 5.11. The van der Waals surface area contributed by atoms with Crippen molar-refractivity contribution in [3.63, 3.8) is 0 Å². The van der Waals surface area contributed by atoms with E-state index in [1.54, 1.807) is 0 Å². The summed E-state index contributed by atoms with van der Waals surface area (Å²) in [6.45, 7) is 3.44. The topological polar surface area (TPSA) is 38.1 Å². The fourth-order valence-electron chi connectivity index (χ4n) is 1.48. The second kappa shape index (κ2) is 5.27. The van der Waals surface area contributed by atoms with Gasteiger partial charge in [0.15, 0.2) is 0 Å². The van der Waals surface area contributed by atoms with Crippen LogP contribution in [0.3, 0.4) is 0 Å². The maximum absolute atomic E-state index is 4.99. The van der Waals surface area contributed by atoms with Gasteiger partial charge in [-0.15, -0.1) is 0 Å². The molecule has 0 radical (unpaired) electrons. The average Bonchev–Trinajstić information content (AvgIpc) is 2.64. The second-order valence-corrected chi connectivity index (χ2v) is 4.58. The molecule has 2 rings (SSSR count). The zero-order valence-corrected chi connectivity index (χ0v) is 10.6. The number of halogens is 1. The highest BCUT2D eigenvalue weighted by molar-refractivity contribution is 9.10. The Morgan fingerprint density at radius 2 is 2.19 bits per heavy atom. The van der Waals surface area contributed by atoms with E-state index in [-0.39, 0.29) is 0 Å². The molecule has 0 saturated carbocycles. The first-order chi connectivity index (χ1) is 7.74. The SMILES string of the molecule is Cc1cc(CNCc2cccc(Br)c2)no1. The molecule has 0 atom stereocenters. The first-order valence-corrected chi connectivity index (χ1v) is 5.91. The van der Waals surface area contributed by atoms with Crippen molar-refractivity contribution in [3.05, 3.63) is 51.8 Å². The van der Waals surface area contributed by atoms with E-state index in [0.29, 0.717) is 0 Å². The Balaban J connectivity index is 1.84. The van der Waals surface area contributed by atoms with Gasteiger partial charge in [-0.3, -0.25) is 0 Å². The van der Waals surface area contributed by atoms with Gasteiger partial charge in [-0.25, -0.2) is 0 Å². The van der Waals surface area contributed by atoms with Gasteiger partial charge in [-0.1, -0.05) is 33.2 Å². The zero-order chi connectivity index (χ0) is 11.4. The molecule has 0 saturated heterocycles. The summed E-state index contributed by atoms with van der Waals surface area (Å²) in [6, 6.07) is 10.2. The maximum Gasteiger partial charge on any atom is 0.133 e. The lowest BCUT2D eigenvalue weighted by Crippen LogP contribution is -2.12. The molecule has 0 aliphatic heterocycles.